The van der Waals surface area contributed by atoms with Crippen LogP contribution in [0.25, 0.3) is 11.1 Å². The van der Waals surface area contributed by atoms with Gasteiger partial charge < -0.3 is 4.79 Å². The first kappa shape index (κ1) is 22.3. The monoisotopic (exact) mass is 416 g/mol. The van der Waals surface area contributed by atoms with Gasteiger partial charge in [0.05, 0.1) is 0 Å². The van der Waals surface area contributed by atoms with E-state index in [2.05, 4.69) is 55.5 Å². The van der Waals surface area contributed by atoms with Gasteiger partial charge in [-0.3, -0.25) is 0 Å². The van der Waals surface area contributed by atoms with Crippen LogP contribution in [0.4, 0.5) is 0 Å². The number of aryl methyl sites for hydroxylation is 1. The Morgan fingerprint density at radius 2 is 1.29 bits per heavy atom. The molecule has 4 rings (SSSR count). The Hall–Kier alpha value is -1.89. The van der Waals surface area contributed by atoms with Crippen LogP contribution in [0.3, 0.4) is 0 Å². The van der Waals surface area contributed by atoms with Crippen LogP contribution in [0.15, 0.2) is 48.5 Å². The second-order valence-electron chi connectivity index (χ2n) is 10.2. The van der Waals surface area contributed by atoms with Crippen LogP contribution in [0.5, 0.6) is 0 Å². The van der Waals surface area contributed by atoms with E-state index in [1.807, 2.05) is 0 Å². The fraction of sp³-hybridized carbons (Fsp3) is 0.567. The molecule has 0 bridgehead atoms. The number of benzene rings is 2. The second kappa shape index (κ2) is 11.1. The summed E-state index contributed by atoms with van der Waals surface area (Å²) in [6.07, 6.45) is 16.5. The maximum atomic E-state index is 10.6. The number of hydrogen-bond acceptors (Lipinski definition) is 1. The third kappa shape index (κ3) is 5.88. The Balaban J connectivity index is 1.27. The lowest BCUT2D eigenvalue weighted by Crippen LogP contribution is -2.25. The zero-order valence-electron chi connectivity index (χ0n) is 19.4. The highest BCUT2D eigenvalue weighted by molar-refractivity contribution is 5.64. The lowest BCUT2D eigenvalue weighted by molar-refractivity contribution is -0.108. The third-order valence-electron chi connectivity index (χ3n) is 8.23. The first-order valence-electron chi connectivity index (χ1n) is 12.9. The Labute approximate surface area is 189 Å². The molecule has 0 aromatic heterocycles. The van der Waals surface area contributed by atoms with Crippen molar-refractivity contribution in [3.63, 3.8) is 0 Å². The quantitative estimate of drug-likeness (QED) is 0.395. The minimum Gasteiger partial charge on any atom is -0.303 e. The minimum atomic E-state index is 0.751. The van der Waals surface area contributed by atoms with Crippen LogP contribution in [-0.4, -0.2) is 6.29 Å². The van der Waals surface area contributed by atoms with Crippen LogP contribution < -0.4 is 0 Å². The zero-order chi connectivity index (χ0) is 21.5. The molecule has 2 aromatic rings. The van der Waals surface area contributed by atoms with Crippen molar-refractivity contribution in [2.45, 2.75) is 89.9 Å². The molecule has 0 N–H and O–H groups in total. The van der Waals surface area contributed by atoms with Gasteiger partial charge in [0, 0.05) is 6.42 Å². The van der Waals surface area contributed by atoms with Gasteiger partial charge in [0.1, 0.15) is 6.29 Å². The van der Waals surface area contributed by atoms with E-state index in [1.54, 1.807) is 5.56 Å². The topological polar surface area (TPSA) is 17.1 Å². The largest absolute Gasteiger partial charge is 0.303 e. The van der Waals surface area contributed by atoms with Crippen LogP contribution >= 0.6 is 0 Å². The van der Waals surface area contributed by atoms with Gasteiger partial charge in [-0.15, -0.1) is 0 Å². The summed E-state index contributed by atoms with van der Waals surface area (Å²) in [4.78, 5) is 10.6. The van der Waals surface area contributed by atoms with E-state index in [0.29, 0.717) is 0 Å². The fourth-order valence-corrected chi connectivity index (χ4v) is 6.28. The Bertz CT molecular complexity index is 787. The molecule has 0 heterocycles. The lowest BCUT2D eigenvalue weighted by Gasteiger charge is -2.38. The molecule has 1 nitrogen and oxygen atoms in total. The third-order valence-corrected chi connectivity index (χ3v) is 8.23. The van der Waals surface area contributed by atoms with Gasteiger partial charge in [-0.25, -0.2) is 0 Å². The van der Waals surface area contributed by atoms with E-state index in [1.165, 1.54) is 80.9 Å². The summed E-state index contributed by atoms with van der Waals surface area (Å²) >= 11 is 0. The van der Waals surface area contributed by atoms with Crippen LogP contribution in [0, 0.1) is 17.8 Å². The molecule has 2 aliphatic carbocycles. The van der Waals surface area contributed by atoms with Crippen LogP contribution in [-0.2, 0) is 11.2 Å². The van der Waals surface area contributed by atoms with Crippen molar-refractivity contribution in [1.29, 1.82) is 0 Å². The molecular formula is C30H40O. The van der Waals surface area contributed by atoms with Crippen molar-refractivity contribution in [1.82, 2.24) is 0 Å². The molecule has 0 spiro atoms. The van der Waals surface area contributed by atoms with Gasteiger partial charge in [0.15, 0.2) is 0 Å². The molecule has 0 aliphatic heterocycles. The van der Waals surface area contributed by atoms with Crippen molar-refractivity contribution < 1.29 is 4.79 Å². The second-order valence-corrected chi connectivity index (χ2v) is 10.2. The summed E-state index contributed by atoms with van der Waals surface area (Å²) in [7, 11) is 0. The number of hydrogen-bond donors (Lipinski definition) is 0. The molecule has 0 amide bonds. The summed E-state index contributed by atoms with van der Waals surface area (Å²) < 4.78 is 0. The molecule has 1 heteroatoms. The average molecular weight is 417 g/mol. The minimum absolute atomic E-state index is 0.751. The number of rotatable bonds is 8. The van der Waals surface area contributed by atoms with Gasteiger partial charge >= 0.3 is 0 Å². The van der Waals surface area contributed by atoms with Crippen molar-refractivity contribution in [3.8, 4) is 11.1 Å². The highest BCUT2D eigenvalue weighted by atomic mass is 16.1. The Morgan fingerprint density at radius 1 is 0.742 bits per heavy atom. The molecule has 2 saturated carbocycles. The molecule has 0 radical (unpaired) electrons. The first-order chi connectivity index (χ1) is 15.3. The smallest absolute Gasteiger partial charge is 0.120 e. The van der Waals surface area contributed by atoms with Gasteiger partial charge in [0.25, 0.3) is 0 Å². The summed E-state index contributed by atoms with van der Waals surface area (Å²) in [5, 5.41) is 0. The SMILES string of the molecule is CCCc1ccc(-c2ccc(C3CCC(C4CCC(CCC=O)CC4)CC3)cc2)cc1. The molecule has 2 fully saturated rings. The fourth-order valence-electron chi connectivity index (χ4n) is 6.28. The molecule has 0 saturated heterocycles. The van der Waals surface area contributed by atoms with Crippen LogP contribution in [0.2, 0.25) is 0 Å². The molecule has 31 heavy (non-hydrogen) atoms. The average Bonchev–Trinajstić information content (AvgIpc) is 2.84. The van der Waals surface area contributed by atoms with E-state index in [-0.39, 0.29) is 0 Å². The number of aldehydes is 1. The molecule has 0 atom stereocenters. The molecule has 2 aliphatic rings. The first-order valence-corrected chi connectivity index (χ1v) is 12.9. The zero-order valence-corrected chi connectivity index (χ0v) is 19.4. The van der Waals surface area contributed by atoms with Crippen molar-refractivity contribution in [2.75, 3.05) is 0 Å². The van der Waals surface area contributed by atoms with Gasteiger partial charge in [0.2, 0.25) is 0 Å². The summed E-state index contributed by atoms with van der Waals surface area (Å²) in [6.45, 7) is 2.24. The maximum Gasteiger partial charge on any atom is 0.120 e. The molecule has 0 unspecified atom stereocenters. The Morgan fingerprint density at radius 3 is 1.84 bits per heavy atom. The number of carbonyl (C=O) groups is 1. The van der Waals surface area contributed by atoms with Crippen molar-refractivity contribution in [3.05, 3.63) is 59.7 Å². The van der Waals surface area contributed by atoms with E-state index in [9.17, 15) is 4.79 Å². The predicted octanol–water partition coefficient (Wildman–Crippen LogP) is 8.37. The standard InChI is InChI=1S/C30H40O/c1-2-4-23-6-10-25(11-7-23)27-14-18-29(19-15-27)30-20-16-28(17-21-30)26-12-8-24(9-13-26)5-3-22-31/h6-7,10-11,14-15,18-19,22,24,26,28,30H,2-5,8-9,12-13,16-17,20-21H2,1H3. The van der Waals surface area contributed by atoms with Gasteiger partial charge in [-0.2, -0.15) is 0 Å². The maximum absolute atomic E-state index is 10.6. The van der Waals surface area contributed by atoms with Crippen molar-refractivity contribution >= 4 is 6.29 Å². The summed E-state index contributed by atoms with van der Waals surface area (Å²) in [6, 6.07) is 18.6. The molecule has 2 aromatic carbocycles. The summed E-state index contributed by atoms with van der Waals surface area (Å²) in [5.41, 5.74) is 5.65. The van der Waals surface area contributed by atoms with Crippen LogP contribution in [0.1, 0.15) is 94.6 Å². The Kier molecular flexibility index (Phi) is 8.00. The predicted molar refractivity (Wildman–Crippen MR) is 131 cm³/mol. The lowest BCUT2D eigenvalue weighted by atomic mass is 9.68. The number of carbonyl (C=O) groups excluding carboxylic acids is 1. The van der Waals surface area contributed by atoms with Gasteiger partial charge in [-0.05, 0) is 97.3 Å². The molecular weight excluding hydrogens is 376 g/mol. The normalized spacial score (nSPS) is 26.5. The van der Waals surface area contributed by atoms with Gasteiger partial charge in [-0.1, -0.05) is 74.7 Å². The van der Waals surface area contributed by atoms with E-state index < -0.39 is 0 Å². The summed E-state index contributed by atoms with van der Waals surface area (Å²) in [5.74, 6) is 3.47. The van der Waals surface area contributed by atoms with Crippen molar-refractivity contribution in [2.24, 2.45) is 17.8 Å². The highest BCUT2D eigenvalue weighted by Crippen LogP contribution is 2.44. The highest BCUT2D eigenvalue weighted by Gasteiger charge is 2.31. The van der Waals surface area contributed by atoms with E-state index in [4.69, 9.17) is 0 Å². The molecule has 166 valence electrons. The van der Waals surface area contributed by atoms with E-state index >= 15 is 0 Å². The van der Waals surface area contributed by atoms with E-state index in [0.717, 1.165) is 42.8 Å².